The van der Waals surface area contributed by atoms with Crippen molar-refractivity contribution in [3.8, 4) is 0 Å². The molecule has 0 aliphatic rings. The summed E-state index contributed by atoms with van der Waals surface area (Å²) < 4.78 is 27.6. The third-order valence-electron chi connectivity index (χ3n) is 3.95. The number of hydrogen-bond acceptors (Lipinski definition) is 3. The Kier molecular flexibility index (Phi) is 4.94. The zero-order valence-electron chi connectivity index (χ0n) is 13.7. The van der Waals surface area contributed by atoms with Crippen LogP contribution in [0.4, 0.5) is 8.78 Å². The van der Waals surface area contributed by atoms with Crippen LogP contribution >= 0.6 is 12.2 Å². The summed E-state index contributed by atoms with van der Waals surface area (Å²) >= 11 is 4.92. The number of halogens is 2. The van der Waals surface area contributed by atoms with Crippen molar-refractivity contribution in [2.24, 2.45) is 0 Å². The molecule has 2 aromatic carbocycles. The first-order chi connectivity index (χ1) is 12.3. The van der Waals surface area contributed by atoms with Gasteiger partial charge in [0.15, 0.2) is 4.77 Å². The van der Waals surface area contributed by atoms with Crippen LogP contribution in [0, 0.1) is 16.4 Å². The fourth-order valence-electron chi connectivity index (χ4n) is 2.70. The molecule has 26 heavy (non-hydrogen) atoms. The molecule has 134 valence electrons. The van der Waals surface area contributed by atoms with Crippen LogP contribution in [0.3, 0.4) is 0 Å². The van der Waals surface area contributed by atoms with Crippen molar-refractivity contribution in [2.45, 2.75) is 19.4 Å². The van der Waals surface area contributed by atoms with Crippen molar-refractivity contribution >= 4 is 29.0 Å². The van der Waals surface area contributed by atoms with E-state index in [1.165, 1.54) is 36.4 Å². The van der Waals surface area contributed by atoms with Gasteiger partial charge in [0.1, 0.15) is 11.6 Å². The summed E-state index contributed by atoms with van der Waals surface area (Å²) in [6.45, 7) is 1.66. The monoisotopic (exact) mass is 375 g/mol. The van der Waals surface area contributed by atoms with E-state index >= 15 is 0 Å². The zero-order chi connectivity index (χ0) is 18.8. The van der Waals surface area contributed by atoms with E-state index in [1.807, 2.05) is 0 Å². The second kappa shape index (κ2) is 7.17. The lowest BCUT2D eigenvalue weighted by atomic mass is 10.0. The van der Waals surface area contributed by atoms with Crippen LogP contribution in [0.15, 0.2) is 41.2 Å². The van der Waals surface area contributed by atoms with E-state index < -0.39 is 23.6 Å². The topological polar surface area (TPSA) is 77.8 Å². The Morgan fingerprint density at radius 2 is 1.88 bits per heavy atom. The molecule has 1 atom stereocenters. The molecule has 0 bridgehead atoms. The van der Waals surface area contributed by atoms with E-state index in [9.17, 15) is 18.4 Å². The Morgan fingerprint density at radius 1 is 1.19 bits per heavy atom. The molecule has 1 heterocycles. The normalized spacial score (nSPS) is 12.1. The SMILES string of the molecule is C[C@@H](Cc1c(F)cccc1F)NC(=O)c1ccc2c(=O)[nH]c(=S)[nH]c2c1. The molecule has 1 aromatic heterocycles. The number of hydrogen-bond donors (Lipinski definition) is 3. The van der Waals surface area contributed by atoms with Crippen molar-refractivity contribution in [2.75, 3.05) is 0 Å². The van der Waals surface area contributed by atoms with Gasteiger partial charge in [0.25, 0.3) is 11.5 Å². The summed E-state index contributed by atoms with van der Waals surface area (Å²) in [7, 11) is 0. The molecule has 0 saturated carbocycles. The largest absolute Gasteiger partial charge is 0.349 e. The van der Waals surface area contributed by atoms with E-state index in [2.05, 4.69) is 15.3 Å². The van der Waals surface area contributed by atoms with Gasteiger partial charge in [0.05, 0.1) is 10.9 Å². The predicted octanol–water partition coefficient (Wildman–Crippen LogP) is 3.22. The molecule has 0 radical (unpaired) electrons. The summed E-state index contributed by atoms with van der Waals surface area (Å²) in [5.74, 6) is -1.72. The smallest absolute Gasteiger partial charge is 0.259 e. The first-order valence-electron chi connectivity index (χ1n) is 7.85. The maximum absolute atomic E-state index is 13.7. The number of amides is 1. The maximum atomic E-state index is 13.7. The van der Waals surface area contributed by atoms with Gasteiger partial charge in [0, 0.05) is 17.2 Å². The second-order valence-corrected chi connectivity index (χ2v) is 6.36. The van der Waals surface area contributed by atoms with Gasteiger partial charge in [-0.25, -0.2) is 8.78 Å². The standard InChI is InChI=1S/C18H15F2N3O2S/c1-9(7-12-13(19)3-2-4-14(12)20)21-16(24)10-5-6-11-15(8-10)22-18(26)23-17(11)25/h2-6,8-9H,7H2,1H3,(H,21,24)(H2,22,23,25,26)/t9-/m0/s1. The number of H-pyrrole nitrogens is 2. The molecule has 0 aliphatic heterocycles. The molecule has 3 rings (SSSR count). The van der Waals surface area contributed by atoms with Gasteiger partial charge in [0.2, 0.25) is 0 Å². The van der Waals surface area contributed by atoms with Crippen molar-refractivity contribution < 1.29 is 13.6 Å². The number of aromatic nitrogens is 2. The van der Waals surface area contributed by atoms with Crippen molar-refractivity contribution in [1.82, 2.24) is 15.3 Å². The molecule has 8 heteroatoms. The Hall–Kier alpha value is -2.87. The Morgan fingerprint density at radius 3 is 2.58 bits per heavy atom. The van der Waals surface area contributed by atoms with E-state index in [-0.39, 0.29) is 22.3 Å². The summed E-state index contributed by atoms with van der Waals surface area (Å²) in [6, 6.07) is 7.66. The van der Waals surface area contributed by atoms with Gasteiger partial charge in [-0.05, 0) is 55.9 Å². The highest BCUT2D eigenvalue weighted by Crippen LogP contribution is 2.15. The average Bonchev–Trinajstić information content (AvgIpc) is 2.57. The Balaban J connectivity index is 1.80. The molecule has 0 aliphatic carbocycles. The van der Waals surface area contributed by atoms with Crippen LogP contribution in [-0.2, 0) is 6.42 Å². The summed E-state index contributed by atoms with van der Waals surface area (Å²) in [4.78, 5) is 29.5. The minimum absolute atomic E-state index is 0.0138. The van der Waals surface area contributed by atoms with Crippen LogP contribution in [0.25, 0.3) is 10.9 Å². The number of fused-ring (bicyclic) bond motifs is 1. The van der Waals surface area contributed by atoms with Crippen molar-refractivity contribution in [3.63, 3.8) is 0 Å². The minimum Gasteiger partial charge on any atom is -0.349 e. The first-order valence-corrected chi connectivity index (χ1v) is 8.26. The van der Waals surface area contributed by atoms with Crippen LogP contribution in [-0.4, -0.2) is 21.9 Å². The molecular weight excluding hydrogens is 360 g/mol. The first kappa shape index (κ1) is 17.9. The van der Waals surface area contributed by atoms with Crippen LogP contribution in [0.5, 0.6) is 0 Å². The zero-order valence-corrected chi connectivity index (χ0v) is 14.5. The predicted molar refractivity (Wildman–Crippen MR) is 96.7 cm³/mol. The lowest BCUT2D eigenvalue weighted by Gasteiger charge is -2.15. The maximum Gasteiger partial charge on any atom is 0.259 e. The van der Waals surface area contributed by atoms with Gasteiger partial charge in [-0.15, -0.1) is 0 Å². The van der Waals surface area contributed by atoms with Gasteiger partial charge in [-0.2, -0.15) is 0 Å². The minimum atomic E-state index is -0.649. The third kappa shape index (κ3) is 3.70. The van der Waals surface area contributed by atoms with Gasteiger partial charge in [-0.3, -0.25) is 14.6 Å². The van der Waals surface area contributed by atoms with Crippen LogP contribution < -0.4 is 10.9 Å². The number of carbonyl (C=O) groups excluding carboxylic acids is 1. The van der Waals surface area contributed by atoms with E-state index in [0.29, 0.717) is 16.5 Å². The Bertz CT molecular complexity index is 1090. The van der Waals surface area contributed by atoms with Gasteiger partial charge in [-0.1, -0.05) is 6.07 Å². The van der Waals surface area contributed by atoms with E-state index in [1.54, 1.807) is 6.92 Å². The fourth-order valence-corrected chi connectivity index (χ4v) is 2.91. The molecule has 5 nitrogen and oxygen atoms in total. The fraction of sp³-hybridized carbons (Fsp3) is 0.167. The number of aromatic amines is 2. The summed E-state index contributed by atoms with van der Waals surface area (Å²) in [6.07, 6.45) is 0.0138. The molecule has 3 aromatic rings. The number of nitrogens with one attached hydrogen (secondary N) is 3. The van der Waals surface area contributed by atoms with Crippen LogP contribution in [0.1, 0.15) is 22.8 Å². The summed E-state index contributed by atoms with van der Waals surface area (Å²) in [5, 5.41) is 3.07. The molecule has 0 fully saturated rings. The number of rotatable bonds is 4. The second-order valence-electron chi connectivity index (χ2n) is 5.95. The van der Waals surface area contributed by atoms with Crippen molar-refractivity contribution in [1.29, 1.82) is 0 Å². The van der Waals surface area contributed by atoms with E-state index in [4.69, 9.17) is 12.2 Å². The average molecular weight is 375 g/mol. The summed E-state index contributed by atoms with van der Waals surface area (Å²) in [5.41, 5.74) is 0.308. The van der Waals surface area contributed by atoms with Gasteiger partial charge >= 0.3 is 0 Å². The van der Waals surface area contributed by atoms with Crippen LogP contribution in [0.2, 0.25) is 0 Å². The lowest BCUT2D eigenvalue weighted by Crippen LogP contribution is -2.34. The van der Waals surface area contributed by atoms with Crippen molar-refractivity contribution in [3.05, 3.63) is 74.3 Å². The highest BCUT2D eigenvalue weighted by molar-refractivity contribution is 7.71. The highest BCUT2D eigenvalue weighted by Gasteiger charge is 2.16. The Labute approximate surface area is 152 Å². The number of carbonyl (C=O) groups is 1. The number of benzene rings is 2. The third-order valence-corrected chi connectivity index (χ3v) is 4.16. The lowest BCUT2D eigenvalue weighted by molar-refractivity contribution is 0.0939. The molecular formula is C18H15F2N3O2S. The molecule has 0 spiro atoms. The van der Waals surface area contributed by atoms with Gasteiger partial charge < -0.3 is 10.3 Å². The van der Waals surface area contributed by atoms with E-state index in [0.717, 1.165) is 0 Å². The highest BCUT2D eigenvalue weighted by atomic mass is 32.1. The molecule has 0 saturated heterocycles. The quantitative estimate of drug-likeness (QED) is 0.613. The molecule has 3 N–H and O–H groups in total. The molecule has 1 amide bonds. The molecule has 0 unspecified atom stereocenters.